The van der Waals surface area contributed by atoms with Crippen LogP contribution in [0.1, 0.15) is 15.9 Å². The molecule has 2 heterocycles. The van der Waals surface area contributed by atoms with Crippen molar-refractivity contribution in [2.24, 2.45) is 4.99 Å². The first-order chi connectivity index (χ1) is 13.8. The predicted octanol–water partition coefficient (Wildman–Crippen LogP) is 3.60. The van der Waals surface area contributed by atoms with Crippen molar-refractivity contribution in [3.05, 3.63) is 63.6 Å². The summed E-state index contributed by atoms with van der Waals surface area (Å²) in [6.45, 7) is 0.342. The number of rotatable bonds is 4. The molecule has 152 valence electrons. The minimum atomic E-state index is -2.96. The quantitative estimate of drug-likeness (QED) is 0.713. The summed E-state index contributed by atoms with van der Waals surface area (Å²) in [5, 5.41) is 7.66. The number of carbonyl (C=O) groups is 1. The summed E-state index contributed by atoms with van der Waals surface area (Å²) in [5.74, 6) is 0.0953. The van der Waals surface area contributed by atoms with E-state index >= 15 is 0 Å². The smallest absolute Gasteiger partial charge is 0.251 e. The number of nitrogens with one attached hydrogen (secondary N) is 2. The van der Waals surface area contributed by atoms with Crippen LogP contribution < -0.4 is 10.6 Å². The highest BCUT2D eigenvalue weighted by Crippen LogP contribution is 2.34. The third-order valence-corrected chi connectivity index (χ3v) is 8.53. The maximum Gasteiger partial charge on any atom is 0.251 e. The van der Waals surface area contributed by atoms with E-state index in [0.717, 1.165) is 11.3 Å². The lowest BCUT2D eigenvalue weighted by atomic mass is 10.1. The third-order valence-electron chi connectivity index (χ3n) is 4.65. The standard InChI is InChI=1S/C19H17Cl2N3O3S2/c20-14-6-1-11(7-15(14)21)8-22-18(25)12-2-4-13(5-3-12)23-19-24-16-9-29(26,27)10-17(16)28-19/h1-7,16-17H,8-10H2,(H,22,25)(H,23,24)/t16-,17-/m1/s1. The molecule has 0 saturated carbocycles. The van der Waals surface area contributed by atoms with Crippen LogP contribution in [0, 0.1) is 0 Å². The number of hydrogen-bond acceptors (Lipinski definition) is 6. The third kappa shape index (κ3) is 4.88. The zero-order valence-electron chi connectivity index (χ0n) is 15.1. The summed E-state index contributed by atoms with van der Waals surface area (Å²) in [6, 6.07) is 12.1. The van der Waals surface area contributed by atoms with Gasteiger partial charge in [-0.2, -0.15) is 0 Å². The van der Waals surface area contributed by atoms with Gasteiger partial charge in [-0.3, -0.25) is 9.79 Å². The number of aliphatic imine (C=N–C) groups is 1. The number of fused-ring (bicyclic) bond motifs is 1. The molecule has 0 aliphatic carbocycles. The monoisotopic (exact) mass is 469 g/mol. The fraction of sp³-hybridized carbons (Fsp3) is 0.263. The lowest BCUT2D eigenvalue weighted by Gasteiger charge is -2.09. The number of amidine groups is 1. The predicted molar refractivity (Wildman–Crippen MR) is 119 cm³/mol. The number of carbonyl (C=O) groups excluding carboxylic acids is 1. The molecule has 0 bridgehead atoms. The zero-order chi connectivity index (χ0) is 20.6. The highest BCUT2D eigenvalue weighted by atomic mass is 35.5. The number of hydrogen-bond donors (Lipinski definition) is 2. The number of halogens is 2. The van der Waals surface area contributed by atoms with Gasteiger partial charge in [0.25, 0.3) is 5.91 Å². The van der Waals surface area contributed by atoms with Crippen molar-refractivity contribution in [3.8, 4) is 0 Å². The Labute approximate surface area is 183 Å². The Morgan fingerprint density at radius 1 is 1.10 bits per heavy atom. The molecular weight excluding hydrogens is 453 g/mol. The lowest BCUT2D eigenvalue weighted by molar-refractivity contribution is 0.0951. The first kappa shape index (κ1) is 20.5. The molecule has 1 amide bonds. The molecule has 2 N–H and O–H groups in total. The Kier molecular flexibility index (Phi) is 5.79. The van der Waals surface area contributed by atoms with E-state index < -0.39 is 9.84 Å². The molecule has 2 atom stereocenters. The molecule has 2 aromatic carbocycles. The van der Waals surface area contributed by atoms with Crippen LogP contribution in [0.15, 0.2) is 47.5 Å². The molecule has 10 heteroatoms. The van der Waals surface area contributed by atoms with Crippen LogP contribution in [0.4, 0.5) is 5.69 Å². The van der Waals surface area contributed by atoms with Crippen molar-refractivity contribution in [2.75, 3.05) is 16.8 Å². The van der Waals surface area contributed by atoms with Gasteiger partial charge >= 0.3 is 0 Å². The van der Waals surface area contributed by atoms with Crippen LogP contribution in [0.25, 0.3) is 0 Å². The lowest BCUT2D eigenvalue weighted by Crippen LogP contribution is -2.22. The second-order valence-electron chi connectivity index (χ2n) is 6.87. The average Bonchev–Trinajstić information content (AvgIpc) is 3.15. The Hall–Kier alpha value is -1.74. The number of benzene rings is 2. The Bertz CT molecular complexity index is 1090. The first-order valence-electron chi connectivity index (χ1n) is 8.83. The van der Waals surface area contributed by atoms with Crippen molar-refractivity contribution in [1.82, 2.24) is 5.32 Å². The minimum absolute atomic E-state index is 0.00563. The zero-order valence-corrected chi connectivity index (χ0v) is 18.2. The van der Waals surface area contributed by atoms with E-state index in [-0.39, 0.29) is 28.7 Å². The summed E-state index contributed by atoms with van der Waals surface area (Å²) < 4.78 is 23.3. The van der Waals surface area contributed by atoms with Crippen LogP contribution in [-0.4, -0.2) is 42.3 Å². The number of anilines is 1. The van der Waals surface area contributed by atoms with Crippen molar-refractivity contribution in [1.29, 1.82) is 0 Å². The number of nitrogens with zero attached hydrogens (tertiary/aromatic N) is 1. The number of amides is 1. The van der Waals surface area contributed by atoms with Gasteiger partial charge in [-0.1, -0.05) is 41.0 Å². The van der Waals surface area contributed by atoms with Crippen molar-refractivity contribution < 1.29 is 13.2 Å². The topological polar surface area (TPSA) is 87.6 Å². The van der Waals surface area contributed by atoms with Crippen molar-refractivity contribution in [2.45, 2.75) is 17.8 Å². The fourth-order valence-electron chi connectivity index (χ4n) is 3.18. The molecule has 0 aromatic heterocycles. The fourth-order valence-corrected chi connectivity index (χ4v) is 7.18. The second-order valence-corrected chi connectivity index (χ2v) is 11.1. The summed E-state index contributed by atoms with van der Waals surface area (Å²) in [4.78, 5) is 16.8. The summed E-state index contributed by atoms with van der Waals surface area (Å²) >= 11 is 13.3. The van der Waals surface area contributed by atoms with Crippen molar-refractivity contribution in [3.63, 3.8) is 0 Å². The maximum atomic E-state index is 12.3. The van der Waals surface area contributed by atoms with E-state index in [1.807, 2.05) is 6.07 Å². The van der Waals surface area contributed by atoms with E-state index in [9.17, 15) is 13.2 Å². The van der Waals surface area contributed by atoms with Crippen LogP contribution in [0.5, 0.6) is 0 Å². The van der Waals surface area contributed by atoms with Gasteiger partial charge in [0.1, 0.15) is 0 Å². The highest BCUT2D eigenvalue weighted by molar-refractivity contribution is 8.15. The largest absolute Gasteiger partial charge is 0.348 e. The van der Waals surface area contributed by atoms with Gasteiger partial charge in [0.05, 0.1) is 27.6 Å². The SMILES string of the molecule is O=C(NCc1ccc(Cl)c(Cl)c1)c1ccc(NC2=N[C@@H]3CS(=O)(=O)C[C@H]3S2)cc1. The molecule has 2 aromatic rings. The van der Waals surface area contributed by atoms with E-state index in [0.29, 0.717) is 27.3 Å². The molecule has 0 radical (unpaired) electrons. The summed E-state index contributed by atoms with van der Waals surface area (Å²) in [7, 11) is -2.96. The molecule has 1 fully saturated rings. The van der Waals surface area contributed by atoms with Gasteiger partial charge in [-0.25, -0.2) is 8.42 Å². The van der Waals surface area contributed by atoms with Crippen LogP contribution >= 0.6 is 35.0 Å². The molecular formula is C19H17Cl2N3O3S2. The molecule has 1 saturated heterocycles. The molecule has 2 aliphatic rings. The second kappa shape index (κ2) is 8.18. The Morgan fingerprint density at radius 3 is 2.55 bits per heavy atom. The summed E-state index contributed by atoms with van der Waals surface area (Å²) in [6.07, 6.45) is 0. The van der Waals surface area contributed by atoms with E-state index in [2.05, 4.69) is 15.6 Å². The van der Waals surface area contributed by atoms with Gasteiger partial charge in [0.2, 0.25) is 0 Å². The maximum absolute atomic E-state index is 12.3. The van der Waals surface area contributed by atoms with E-state index in [4.69, 9.17) is 23.2 Å². The molecule has 2 aliphatic heterocycles. The molecule has 0 unspecified atom stereocenters. The molecule has 29 heavy (non-hydrogen) atoms. The minimum Gasteiger partial charge on any atom is -0.348 e. The van der Waals surface area contributed by atoms with Crippen LogP contribution in [0.2, 0.25) is 10.0 Å². The normalized spacial score (nSPS) is 22.1. The molecule has 0 spiro atoms. The van der Waals surface area contributed by atoms with Gasteiger partial charge in [0.15, 0.2) is 15.0 Å². The number of thioether (sulfide) groups is 1. The average molecular weight is 470 g/mol. The van der Waals surface area contributed by atoms with Crippen molar-refractivity contribution >= 4 is 61.6 Å². The van der Waals surface area contributed by atoms with Crippen LogP contribution in [-0.2, 0) is 16.4 Å². The van der Waals surface area contributed by atoms with Gasteiger partial charge in [-0.15, -0.1) is 0 Å². The Balaban J connectivity index is 1.33. The van der Waals surface area contributed by atoms with E-state index in [1.165, 1.54) is 11.8 Å². The van der Waals surface area contributed by atoms with Gasteiger partial charge < -0.3 is 10.6 Å². The summed E-state index contributed by atoms with van der Waals surface area (Å²) in [5.41, 5.74) is 2.18. The Morgan fingerprint density at radius 2 is 1.86 bits per heavy atom. The first-order valence-corrected chi connectivity index (χ1v) is 12.3. The number of sulfone groups is 1. The van der Waals surface area contributed by atoms with Crippen LogP contribution in [0.3, 0.4) is 0 Å². The molecule has 6 nitrogen and oxygen atoms in total. The van der Waals surface area contributed by atoms with Gasteiger partial charge in [-0.05, 0) is 42.0 Å². The van der Waals surface area contributed by atoms with Gasteiger partial charge in [0, 0.05) is 23.0 Å². The van der Waals surface area contributed by atoms with E-state index in [1.54, 1.807) is 36.4 Å². The highest BCUT2D eigenvalue weighted by Gasteiger charge is 2.42. The molecule has 4 rings (SSSR count).